The van der Waals surface area contributed by atoms with Crippen LogP contribution in [-0.2, 0) is 10.7 Å². The molecule has 0 unspecified atom stereocenters. The maximum absolute atomic E-state index is 10.7. The molecule has 62 valence electrons. The summed E-state index contributed by atoms with van der Waals surface area (Å²) in [5.74, 6) is 0. The van der Waals surface area contributed by atoms with Crippen LogP contribution in [0.1, 0.15) is 32.1 Å². The molecule has 0 amide bonds. The summed E-state index contributed by atoms with van der Waals surface area (Å²) in [5.41, 5.74) is 0. The van der Waals surface area contributed by atoms with Crippen molar-refractivity contribution in [3.8, 4) is 0 Å². The molecule has 0 aromatic carbocycles. The molecule has 0 bridgehead atoms. The van der Waals surface area contributed by atoms with E-state index in [2.05, 4.69) is 4.98 Å². The van der Waals surface area contributed by atoms with Gasteiger partial charge in [0.15, 0.2) is 0 Å². The zero-order valence-electron chi connectivity index (χ0n) is 6.19. The first-order valence-corrected chi connectivity index (χ1v) is 4.90. The Hall–Kier alpha value is -0.630. The maximum atomic E-state index is 10.7. The van der Waals surface area contributed by atoms with Crippen LogP contribution in [0.4, 0.5) is 0 Å². The molecule has 0 saturated heterocycles. The first-order valence-electron chi connectivity index (χ1n) is 3.72. The molecule has 1 aliphatic rings. The van der Waals surface area contributed by atoms with Crippen molar-refractivity contribution in [2.75, 3.05) is 0 Å². The summed E-state index contributed by atoms with van der Waals surface area (Å²) in [6.07, 6.45) is 3.67. The molecule has 0 aromatic heterocycles. The van der Waals surface area contributed by atoms with E-state index in [1.165, 1.54) is 0 Å². The van der Waals surface area contributed by atoms with E-state index in [-0.39, 0.29) is 0 Å². The van der Waals surface area contributed by atoms with Crippen molar-refractivity contribution >= 4 is 10.7 Å². The number of thiol groups is 1. The molecule has 0 aromatic rings. The first kappa shape index (κ1) is 8.47. The van der Waals surface area contributed by atoms with Gasteiger partial charge in [0.1, 0.15) is 4.98 Å². The molecular weight excluding hydrogens is 164 g/mol. The van der Waals surface area contributed by atoms with Crippen LogP contribution < -0.4 is 0 Å². The van der Waals surface area contributed by atoms with Crippen LogP contribution in [0.3, 0.4) is 0 Å². The molecular formula is C6H11N2O2S+. The number of hydrogen-bond acceptors (Lipinski definition) is 3. The van der Waals surface area contributed by atoms with Crippen molar-refractivity contribution < 1.29 is 8.42 Å². The molecule has 0 aliphatic heterocycles. The highest BCUT2D eigenvalue weighted by atomic mass is 32.2. The molecule has 0 atom stereocenters. The van der Waals surface area contributed by atoms with Gasteiger partial charge in [0.2, 0.25) is 16.1 Å². The molecule has 0 radical (unpaired) electrons. The lowest BCUT2D eigenvalue weighted by Gasteiger charge is -2.13. The van der Waals surface area contributed by atoms with Crippen molar-refractivity contribution in [1.29, 1.82) is 5.39 Å². The quantitative estimate of drug-likeness (QED) is 0.479. The molecule has 1 rings (SSSR count). The van der Waals surface area contributed by atoms with Crippen molar-refractivity contribution in [1.82, 2.24) is 0 Å². The maximum Gasteiger partial charge on any atom is 0.416 e. The summed E-state index contributed by atoms with van der Waals surface area (Å²) in [7, 11) is -2.62. The summed E-state index contributed by atoms with van der Waals surface area (Å²) >= 11 is 0. The Bertz CT molecular complexity index is 240. The fourth-order valence-corrected chi connectivity index (χ4v) is 2.19. The molecule has 0 spiro atoms. The van der Waals surface area contributed by atoms with Crippen LogP contribution in [0.2, 0.25) is 0 Å². The Labute approximate surface area is 67.2 Å². The van der Waals surface area contributed by atoms with E-state index >= 15 is 0 Å². The van der Waals surface area contributed by atoms with Gasteiger partial charge >= 0.3 is 4.87 Å². The summed E-state index contributed by atoms with van der Waals surface area (Å²) in [6, 6.07) is 0. The van der Waals surface area contributed by atoms with Crippen LogP contribution in [0.5, 0.6) is 0 Å². The number of hydrogen-bond donors (Lipinski definition) is 1. The van der Waals surface area contributed by atoms with Crippen molar-refractivity contribution in [2.24, 2.45) is 0 Å². The average Bonchev–Trinajstić information content (AvgIpc) is 2.05. The van der Waals surface area contributed by atoms with Crippen molar-refractivity contribution in [3.63, 3.8) is 0 Å². The topological polar surface area (TPSA) is 62.3 Å². The van der Waals surface area contributed by atoms with Gasteiger partial charge < -0.3 is 0 Å². The largest absolute Gasteiger partial charge is 0.416 e. The third-order valence-corrected chi connectivity index (χ3v) is 3.40. The van der Waals surface area contributed by atoms with Gasteiger partial charge in [-0.05, 0) is 12.8 Å². The molecule has 0 N–H and O–H groups in total. The Morgan fingerprint density at radius 3 is 2.00 bits per heavy atom. The number of diazo groups is 1. The highest BCUT2D eigenvalue weighted by Gasteiger charge is 2.49. The highest BCUT2D eigenvalue weighted by Crippen LogP contribution is 2.32. The summed E-state index contributed by atoms with van der Waals surface area (Å²) < 4.78 is 21.4. The van der Waals surface area contributed by atoms with Crippen LogP contribution >= 0.6 is 0 Å². The zero-order valence-corrected chi connectivity index (χ0v) is 7.09. The van der Waals surface area contributed by atoms with Gasteiger partial charge in [0.25, 0.3) is 0 Å². The monoisotopic (exact) mass is 175 g/mol. The molecule has 5 heteroatoms. The smallest absolute Gasteiger partial charge is 0.223 e. The van der Waals surface area contributed by atoms with E-state index in [1.54, 1.807) is 0 Å². The van der Waals surface area contributed by atoms with Crippen molar-refractivity contribution in [2.45, 2.75) is 37.0 Å². The zero-order chi connectivity index (χ0) is 8.32. The minimum Gasteiger partial charge on any atom is -0.223 e. The van der Waals surface area contributed by atoms with Gasteiger partial charge in [0.05, 0.1) is 0 Å². The van der Waals surface area contributed by atoms with Gasteiger partial charge in [-0.3, -0.25) is 0 Å². The molecule has 1 fully saturated rings. The molecule has 0 heterocycles. The molecule has 4 nitrogen and oxygen atoms in total. The SMILES string of the molecule is N#[N+]C1([SH](=O)=O)CCCCC1. The Kier molecular flexibility index (Phi) is 2.45. The van der Waals surface area contributed by atoms with E-state index in [0.717, 1.165) is 19.3 Å². The first-order chi connectivity index (χ1) is 5.21. The Morgan fingerprint density at radius 1 is 1.18 bits per heavy atom. The average molecular weight is 175 g/mol. The fourth-order valence-electron chi connectivity index (χ4n) is 1.44. The van der Waals surface area contributed by atoms with Gasteiger partial charge in [-0.2, -0.15) is 0 Å². The second kappa shape index (κ2) is 3.18. The van der Waals surface area contributed by atoms with Crippen molar-refractivity contribution in [3.05, 3.63) is 4.98 Å². The van der Waals surface area contributed by atoms with Crippen LogP contribution in [0, 0.1) is 5.39 Å². The highest BCUT2D eigenvalue weighted by molar-refractivity contribution is 7.74. The molecule has 1 aliphatic carbocycles. The molecule has 11 heavy (non-hydrogen) atoms. The summed E-state index contributed by atoms with van der Waals surface area (Å²) in [4.78, 5) is 1.84. The van der Waals surface area contributed by atoms with E-state index in [1.807, 2.05) is 0 Å². The van der Waals surface area contributed by atoms with Crippen LogP contribution in [-0.4, -0.2) is 13.3 Å². The predicted molar refractivity (Wildman–Crippen MR) is 41.2 cm³/mol. The van der Waals surface area contributed by atoms with E-state index in [4.69, 9.17) is 5.39 Å². The minimum absolute atomic E-state index is 0.474. The second-order valence-electron chi connectivity index (χ2n) is 2.90. The standard InChI is InChI=1S/C6H11N2O2S/c7-8-6(11(9)10)4-2-1-3-5-6/h11H,1-5H2/q+1. The number of rotatable bonds is 1. The van der Waals surface area contributed by atoms with Crippen LogP contribution in [0.25, 0.3) is 4.98 Å². The third-order valence-electron chi connectivity index (χ3n) is 2.18. The second-order valence-corrected chi connectivity index (χ2v) is 4.25. The van der Waals surface area contributed by atoms with Gasteiger partial charge in [-0.1, -0.05) is 6.42 Å². The van der Waals surface area contributed by atoms with Gasteiger partial charge in [-0.25, -0.2) is 8.42 Å². The summed E-state index contributed by atoms with van der Waals surface area (Å²) in [5, 5.41) is 8.55. The van der Waals surface area contributed by atoms with Gasteiger partial charge in [0, 0.05) is 12.8 Å². The fraction of sp³-hybridized carbons (Fsp3) is 1.00. The molecule has 1 saturated carbocycles. The lowest BCUT2D eigenvalue weighted by molar-refractivity contribution is 0.425. The van der Waals surface area contributed by atoms with E-state index in [0.29, 0.717) is 12.8 Å². The normalized spacial score (nSPS) is 22.9. The van der Waals surface area contributed by atoms with E-state index in [9.17, 15) is 8.42 Å². The number of nitrogens with zero attached hydrogens (tertiary/aromatic N) is 2. The minimum atomic E-state index is -2.62. The third kappa shape index (κ3) is 1.51. The lowest BCUT2D eigenvalue weighted by atomic mass is 9.95. The Balaban J connectivity index is 2.83. The van der Waals surface area contributed by atoms with E-state index < -0.39 is 15.6 Å². The lowest BCUT2D eigenvalue weighted by Crippen LogP contribution is -2.29. The van der Waals surface area contributed by atoms with Gasteiger partial charge in [-0.15, -0.1) is 0 Å². The predicted octanol–water partition coefficient (Wildman–Crippen LogP) is 1.11. The van der Waals surface area contributed by atoms with Crippen LogP contribution in [0.15, 0.2) is 0 Å². The summed E-state index contributed by atoms with van der Waals surface area (Å²) in [6.45, 7) is 0. The Morgan fingerprint density at radius 2 is 1.73 bits per heavy atom.